The number of halogens is 2. The Morgan fingerprint density at radius 3 is 1.96 bits per heavy atom. The Balaban J connectivity index is 0.000000194. The van der Waals surface area contributed by atoms with Gasteiger partial charge in [-0.3, -0.25) is 9.59 Å². The third kappa shape index (κ3) is 8.92. The topological polar surface area (TPSA) is 98.7 Å². The molecule has 4 N–H and O–H groups in total. The van der Waals surface area contributed by atoms with E-state index < -0.39 is 0 Å². The molecule has 6 rings (SSSR count). The maximum atomic E-state index is 14.1. The standard InChI is InChI=1S/C21H24FNO2.C21H22FNO2/c2*1-2-21(25)23-20-9-8-15-12-19(22)16(13-24)11-17(15)18(20)10-14-6-4-3-5-7-14/h3-7,11-12,18,20,24H,2,8-10,13H2,1H3,(H,23,25);3-7,11-12,24H,2,8-10,13H2,1H3,(H,23,25)/t18-,20+;/m1./s1. The fourth-order valence-electron chi connectivity index (χ4n) is 6.93. The van der Waals surface area contributed by atoms with Crippen LogP contribution in [-0.2, 0) is 48.5 Å². The van der Waals surface area contributed by atoms with Crippen molar-refractivity contribution in [1.29, 1.82) is 0 Å². The van der Waals surface area contributed by atoms with E-state index in [0.29, 0.717) is 37.7 Å². The number of hydrogen-bond acceptors (Lipinski definition) is 4. The highest BCUT2D eigenvalue weighted by molar-refractivity contribution is 5.83. The first-order valence-corrected chi connectivity index (χ1v) is 17.5. The summed E-state index contributed by atoms with van der Waals surface area (Å²) in [5.74, 6) is -0.630. The number of hydrogen-bond donors (Lipinski definition) is 4. The molecule has 2 amide bonds. The van der Waals surface area contributed by atoms with Gasteiger partial charge in [-0.25, -0.2) is 8.78 Å². The van der Waals surface area contributed by atoms with E-state index in [1.165, 1.54) is 11.6 Å². The van der Waals surface area contributed by atoms with Crippen LogP contribution in [0.5, 0.6) is 0 Å². The molecule has 0 aliphatic heterocycles. The minimum Gasteiger partial charge on any atom is -0.392 e. The number of carbonyl (C=O) groups is 2. The van der Waals surface area contributed by atoms with Crippen LogP contribution in [0.3, 0.4) is 0 Å². The molecule has 0 fully saturated rings. The highest BCUT2D eigenvalue weighted by Gasteiger charge is 2.31. The highest BCUT2D eigenvalue weighted by Crippen LogP contribution is 2.37. The van der Waals surface area contributed by atoms with Crippen LogP contribution >= 0.6 is 0 Å². The average Bonchev–Trinajstić information content (AvgIpc) is 3.14. The van der Waals surface area contributed by atoms with Crippen molar-refractivity contribution >= 4 is 17.4 Å². The van der Waals surface area contributed by atoms with Crippen molar-refractivity contribution in [2.45, 2.75) is 90.4 Å². The Morgan fingerprint density at radius 1 is 0.740 bits per heavy atom. The second-order valence-electron chi connectivity index (χ2n) is 12.9. The molecular weight excluding hydrogens is 634 g/mol. The minimum atomic E-state index is -0.374. The van der Waals surface area contributed by atoms with Crippen molar-refractivity contribution in [3.8, 4) is 0 Å². The number of nitrogens with one attached hydrogen (secondary N) is 2. The van der Waals surface area contributed by atoms with Gasteiger partial charge in [0.1, 0.15) is 11.6 Å². The van der Waals surface area contributed by atoms with Crippen LogP contribution in [0.1, 0.15) is 90.0 Å². The maximum Gasteiger partial charge on any atom is 0.223 e. The zero-order chi connectivity index (χ0) is 35.6. The third-order valence-corrected chi connectivity index (χ3v) is 9.67. The molecule has 8 heteroatoms. The molecule has 0 unspecified atom stereocenters. The van der Waals surface area contributed by atoms with E-state index in [2.05, 4.69) is 22.8 Å². The second-order valence-corrected chi connectivity index (χ2v) is 12.9. The fraction of sp³-hybridized carbons (Fsp3) is 0.333. The van der Waals surface area contributed by atoms with Crippen molar-refractivity contribution in [2.75, 3.05) is 0 Å². The van der Waals surface area contributed by atoms with Crippen LogP contribution in [0.4, 0.5) is 8.78 Å². The summed E-state index contributed by atoms with van der Waals surface area (Å²) in [7, 11) is 0. The Kier molecular flexibility index (Phi) is 12.7. The molecule has 262 valence electrons. The van der Waals surface area contributed by atoms with Crippen LogP contribution in [0.25, 0.3) is 5.57 Å². The predicted octanol–water partition coefficient (Wildman–Crippen LogP) is 7.23. The zero-order valence-corrected chi connectivity index (χ0v) is 28.8. The largest absolute Gasteiger partial charge is 0.392 e. The molecule has 4 aromatic carbocycles. The van der Waals surface area contributed by atoms with Crippen molar-refractivity contribution < 1.29 is 28.6 Å². The number of aryl methyl sites for hydroxylation is 2. The van der Waals surface area contributed by atoms with Gasteiger partial charge < -0.3 is 20.8 Å². The molecule has 4 aromatic rings. The van der Waals surface area contributed by atoms with Crippen LogP contribution in [0.2, 0.25) is 0 Å². The summed E-state index contributed by atoms with van der Waals surface area (Å²) in [5.41, 5.74) is 8.70. The number of benzene rings is 4. The van der Waals surface area contributed by atoms with Gasteiger partial charge in [0.2, 0.25) is 11.8 Å². The molecule has 6 nitrogen and oxygen atoms in total. The number of rotatable bonds is 10. The molecule has 0 radical (unpaired) electrons. The van der Waals surface area contributed by atoms with Crippen molar-refractivity contribution in [3.63, 3.8) is 0 Å². The lowest BCUT2D eigenvalue weighted by Gasteiger charge is -2.35. The number of allylic oxidation sites excluding steroid dienone is 2. The molecule has 0 bridgehead atoms. The normalized spacial score (nSPS) is 16.4. The van der Waals surface area contributed by atoms with Crippen LogP contribution in [0.15, 0.2) is 90.6 Å². The summed E-state index contributed by atoms with van der Waals surface area (Å²) >= 11 is 0. The monoisotopic (exact) mass is 680 g/mol. The van der Waals surface area contributed by atoms with Gasteiger partial charge in [-0.05, 0) is 102 Å². The van der Waals surface area contributed by atoms with Gasteiger partial charge >= 0.3 is 0 Å². The fourth-order valence-corrected chi connectivity index (χ4v) is 6.93. The van der Waals surface area contributed by atoms with Crippen molar-refractivity contribution in [1.82, 2.24) is 10.6 Å². The first-order chi connectivity index (χ1) is 24.2. The number of aliphatic hydroxyl groups excluding tert-OH is 2. The van der Waals surface area contributed by atoms with Gasteiger partial charge in [-0.2, -0.15) is 0 Å². The van der Waals surface area contributed by atoms with Gasteiger partial charge in [0.25, 0.3) is 0 Å². The van der Waals surface area contributed by atoms with Gasteiger partial charge in [0, 0.05) is 41.6 Å². The summed E-state index contributed by atoms with van der Waals surface area (Å²) in [6, 6.07) is 26.7. The molecule has 2 atom stereocenters. The molecule has 2 aliphatic rings. The minimum absolute atomic E-state index is 0.0199. The third-order valence-electron chi connectivity index (χ3n) is 9.67. The van der Waals surface area contributed by atoms with Gasteiger partial charge in [0.15, 0.2) is 0 Å². The highest BCUT2D eigenvalue weighted by atomic mass is 19.1. The number of aliphatic hydroxyl groups is 2. The quantitative estimate of drug-likeness (QED) is 0.142. The van der Waals surface area contributed by atoms with E-state index in [4.69, 9.17) is 0 Å². The Labute approximate surface area is 293 Å². The lowest BCUT2D eigenvalue weighted by molar-refractivity contribution is -0.122. The van der Waals surface area contributed by atoms with Gasteiger partial charge in [-0.15, -0.1) is 0 Å². The molecule has 50 heavy (non-hydrogen) atoms. The zero-order valence-electron chi connectivity index (χ0n) is 28.8. The van der Waals surface area contributed by atoms with Crippen molar-refractivity contribution in [3.05, 3.63) is 147 Å². The van der Waals surface area contributed by atoms with E-state index in [1.54, 1.807) is 18.2 Å². The first kappa shape index (κ1) is 36.6. The van der Waals surface area contributed by atoms with E-state index in [0.717, 1.165) is 58.3 Å². The van der Waals surface area contributed by atoms with Crippen LogP contribution in [0, 0.1) is 11.6 Å². The summed E-state index contributed by atoms with van der Waals surface area (Å²) < 4.78 is 28.1. The second kappa shape index (κ2) is 17.3. The Hall–Kier alpha value is -4.66. The lowest BCUT2D eigenvalue weighted by Crippen LogP contribution is -2.42. The summed E-state index contributed by atoms with van der Waals surface area (Å²) in [5, 5.41) is 25.0. The summed E-state index contributed by atoms with van der Waals surface area (Å²) in [6.45, 7) is 3.01. The lowest BCUT2D eigenvalue weighted by atomic mass is 9.75. The summed E-state index contributed by atoms with van der Waals surface area (Å²) in [4.78, 5) is 23.9. The van der Waals surface area contributed by atoms with E-state index >= 15 is 0 Å². The molecule has 0 aromatic heterocycles. The maximum absolute atomic E-state index is 14.1. The van der Waals surface area contributed by atoms with Gasteiger partial charge in [0.05, 0.1) is 13.2 Å². The number of carbonyl (C=O) groups excluding carboxylic acids is 2. The number of fused-ring (bicyclic) bond motifs is 2. The molecule has 0 spiro atoms. The Morgan fingerprint density at radius 2 is 1.34 bits per heavy atom. The number of amides is 2. The smallest absolute Gasteiger partial charge is 0.223 e. The van der Waals surface area contributed by atoms with Crippen LogP contribution < -0.4 is 10.6 Å². The molecular formula is C42H46F2N2O4. The van der Waals surface area contributed by atoms with Gasteiger partial charge in [-0.1, -0.05) is 74.5 Å². The average molecular weight is 681 g/mol. The molecule has 0 saturated carbocycles. The molecule has 0 saturated heterocycles. The predicted molar refractivity (Wildman–Crippen MR) is 192 cm³/mol. The van der Waals surface area contributed by atoms with Crippen LogP contribution in [-0.4, -0.2) is 28.1 Å². The van der Waals surface area contributed by atoms with Crippen molar-refractivity contribution in [2.24, 2.45) is 0 Å². The Bertz CT molecular complexity index is 1820. The van der Waals surface area contributed by atoms with E-state index in [-0.39, 0.29) is 54.2 Å². The summed E-state index contributed by atoms with van der Waals surface area (Å²) in [6.07, 6.45) is 5.19. The molecule has 2 aliphatic carbocycles. The SMILES string of the molecule is CCC(=O)NC1=C(Cc2ccccc2)c2cc(CO)c(F)cc2CC1.CCC(=O)N[C@H]1CCc2cc(F)c(CO)cc2[C@H]1Cc1ccccc1. The van der Waals surface area contributed by atoms with E-state index in [9.17, 15) is 28.6 Å². The van der Waals surface area contributed by atoms with E-state index in [1.807, 2.05) is 62.4 Å². The molecule has 0 heterocycles. The first-order valence-electron chi connectivity index (χ1n) is 17.5.